The van der Waals surface area contributed by atoms with Crippen LogP contribution in [-0.4, -0.2) is 11.9 Å². The minimum absolute atomic E-state index is 0.0480. The van der Waals surface area contributed by atoms with Crippen LogP contribution >= 0.6 is 0 Å². The van der Waals surface area contributed by atoms with Crippen LogP contribution in [0, 0.1) is 23.6 Å². The van der Waals surface area contributed by atoms with Crippen molar-refractivity contribution in [2.24, 2.45) is 17.8 Å². The summed E-state index contributed by atoms with van der Waals surface area (Å²) >= 11 is 0. The van der Waals surface area contributed by atoms with E-state index in [1.54, 1.807) is 12.1 Å². The predicted molar refractivity (Wildman–Crippen MR) is 76.6 cm³/mol. The molecule has 1 aromatic rings. The van der Waals surface area contributed by atoms with Gasteiger partial charge in [0.1, 0.15) is 5.82 Å². The van der Waals surface area contributed by atoms with E-state index in [0.29, 0.717) is 12.3 Å². The van der Waals surface area contributed by atoms with Crippen LogP contribution < -0.4 is 5.32 Å². The predicted octanol–water partition coefficient (Wildman–Crippen LogP) is 3.31. The van der Waals surface area contributed by atoms with Crippen molar-refractivity contribution in [3.8, 4) is 0 Å². The van der Waals surface area contributed by atoms with Gasteiger partial charge in [-0.25, -0.2) is 4.39 Å². The maximum atomic E-state index is 12.8. The van der Waals surface area contributed by atoms with Crippen LogP contribution in [0.4, 0.5) is 4.39 Å². The molecule has 3 heteroatoms. The number of rotatable bonds is 4. The van der Waals surface area contributed by atoms with Gasteiger partial charge in [-0.2, -0.15) is 0 Å². The molecule has 1 amide bonds. The van der Waals surface area contributed by atoms with Crippen molar-refractivity contribution in [1.82, 2.24) is 5.32 Å². The van der Waals surface area contributed by atoms with Gasteiger partial charge in [0, 0.05) is 6.04 Å². The third kappa shape index (κ3) is 2.87. The van der Waals surface area contributed by atoms with Gasteiger partial charge in [-0.15, -0.1) is 0 Å². The number of hydrogen-bond donors (Lipinski definition) is 1. The summed E-state index contributed by atoms with van der Waals surface area (Å²) in [5.41, 5.74) is 0.865. The van der Waals surface area contributed by atoms with Crippen LogP contribution in [-0.2, 0) is 11.2 Å². The minimum atomic E-state index is -0.260. The maximum Gasteiger partial charge on any atom is 0.224 e. The molecule has 108 valence electrons. The number of amides is 1. The highest BCUT2D eigenvalue weighted by molar-refractivity contribution is 5.78. The van der Waals surface area contributed by atoms with Crippen molar-refractivity contribution in [1.29, 1.82) is 0 Å². The average molecular weight is 275 g/mol. The lowest BCUT2D eigenvalue weighted by atomic mass is 9.84. The Morgan fingerprint density at radius 2 is 2.05 bits per heavy atom. The first kappa shape index (κ1) is 13.6. The number of benzene rings is 1. The van der Waals surface area contributed by atoms with E-state index in [-0.39, 0.29) is 17.8 Å². The molecule has 4 atom stereocenters. The molecule has 1 N–H and O–H groups in total. The fraction of sp³-hybridized carbons (Fsp3) is 0.588. The van der Waals surface area contributed by atoms with E-state index in [0.717, 1.165) is 17.4 Å². The first-order valence-corrected chi connectivity index (χ1v) is 7.65. The summed E-state index contributed by atoms with van der Waals surface area (Å²) in [6.45, 7) is 2.13. The monoisotopic (exact) mass is 275 g/mol. The normalized spacial score (nSPS) is 29.4. The molecule has 0 aliphatic heterocycles. The average Bonchev–Trinajstić information content (AvgIpc) is 3.03. The summed E-state index contributed by atoms with van der Waals surface area (Å²) in [5.74, 6) is 2.17. The van der Waals surface area contributed by atoms with Crippen LogP contribution in [0.3, 0.4) is 0 Å². The summed E-state index contributed by atoms with van der Waals surface area (Å²) in [7, 11) is 0. The Bertz CT molecular complexity index is 484. The molecule has 2 fully saturated rings. The second kappa shape index (κ2) is 5.55. The SMILES string of the molecule is C[C@@H](NC(=O)Cc1ccc(F)cc1)[C@H]1C[C@H]2CC[C@H]1C2. The van der Waals surface area contributed by atoms with E-state index in [2.05, 4.69) is 12.2 Å². The minimum Gasteiger partial charge on any atom is -0.353 e. The molecule has 0 spiro atoms. The summed E-state index contributed by atoms with van der Waals surface area (Å²) in [6, 6.07) is 6.43. The van der Waals surface area contributed by atoms with Gasteiger partial charge in [0.2, 0.25) is 5.91 Å². The Balaban J connectivity index is 1.52. The highest BCUT2D eigenvalue weighted by Gasteiger charge is 2.42. The molecular formula is C17H22FNO. The third-order valence-corrected chi connectivity index (χ3v) is 5.10. The summed E-state index contributed by atoms with van der Waals surface area (Å²) in [4.78, 5) is 12.1. The Kier molecular flexibility index (Phi) is 3.77. The fourth-order valence-electron chi connectivity index (χ4n) is 4.11. The molecule has 20 heavy (non-hydrogen) atoms. The van der Waals surface area contributed by atoms with Crippen molar-refractivity contribution >= 4 is 5.91 Å². The Morgan fingerprint density at radius 1 is 1.30 bits per heavy atom. The Morgan fingerprint density at radius 3 is 2.65 bits per heavy atom. The molecular weight excluding hydrogens is 253 g/mol. The Labute approximate surface area is 119 Å². The third-order valence-electron chi connectivity index (χ3n) is 5.10. The lowest BCUT2D eigenvalue weighted by Crippen LogP contribution is -2.40. The zero-order valence-electron chi connectivity index (χ0n) is 11.9. The van der Waals surface area contributed by atoms with Gasteiger partial charge >= 0.3 is 0 Å². The van der Waals surface area contributed by atoms with E-state index < -0.39 is 0 Å². The van der Waals surface area contributed by atoms with Crippen LogP contribution in [0.15, 0.2) is 24.3 Å². The number of fused-ring (bicyclic) bond motifs is 2. The van der Waals surface area contributed by atoms with Gasteiger partial charge in [0.05, 0.1) is 6.42 Å². The van der Waals surface area contributed by atoms with Gasteiger partial charge in [0.15, 0.2) is 0 Å². The number of halogens is 1. The molecule has 2 nitrogen and oxygen atoms in total. The van der Waals surface area contributed by atoms with Gasteiger partial charge in [0.25, 0.3) is 0 Å². The molecule has 2 saturated carbocycles. The standard InChI is InChI=1S/C17H22FNO/c1-11(16-9-13-2-5-14(16)8-13)19-17(20)10-12-3-6-15(18)7-4-12/h3-4,6-7,11,13-14,16H,2,5,8-10H2,1H3,(H,19,20)/t11-,13+,14+,16-/m1/s1. The molecule has 0 radical (unpaired) electrons. The van der Waals surface area contributed by atoms with Crippen molar-refractivity contribution < 1.29 is 9.18 Å². The smallest absolute Gasteiger partial charge is 0.224 e. The largest absolute Gasteiger partial charge is 0.353 e. The van der Waals surface area contributed by atoms with E-state index in [4.69, 9.17) is 0 Å². The summed E-state index contributed by atoms with van der Waals surface area (Å²) in [5, 5.41) is 3.14. The second-order valence-electron chi connectivity index (χ2n) is 6.50. The lowest BCUT2D eigenvalue weighted by Gasteiger charge is -2.28. The quantitative estimate of drug-likeness (QED) is 0.897. The van der Waals surface area contributed by atoms with Crippen molar-refractivity contribution in [3.05, 3.63) is 35.6 Å². The molecule has 2 aliphatic carbocycles. The molecule has 2 bridgehead atoms. The topological polar surface area (TPSA) is 29.1 Å². The highest BCUT2D eigenvalue weighted by atomic mass is 19.1. The van der Waals surface area contributed by atoms with Crippen LogP contribution in [0.1, 0.15) is 38.2 Å². The van der Waals surface area contributed by atoms with E-state index >= 15 is 0 Å². The van der Waals surface area contributed by atoms with Crippen LogP contribution in [0.25, 0.3) is 0 Å². The molecule has 0 heterocycles. The number of nitrogens with one attached hydrogen (secondary N) is 1. The first-order valence-electron chi connectivity index (χ1n) is 7.65. The zero-order valence-corrected chi connectivity index (χ0v) is 11.9. The van der Waals surface area contributed by atoms with E-state index in [1.165, 1.54) is 37.8 Å². The van der Waals surface area contributed by atoms with Crippen molar-refractivity contribution in [2.45, 2.75) is 45.1 Å². The van der Waals surface area contributed by atoms with Gasteiger partial charge in [-0.1, -0.05) is 18.6 Å². The maximum absolute atomic E-state index is 12.8. The number of carbonyl (C=O) groups is 1. The van der Waals surface area contributed by atoms with E-state index in [1.807, 2.05) is 0 Å². The van der Waals surface area contributed by atoms with Crippen molar-refractivity contribution in [3.63, 3.8) is 0 Å². The Hall–Kier alpha value is -1.38. The first-order chi connectivity index (χ1) is 9.61. The summed E-state index contributed by atoms with van der Waals surface area (Å²) in [6.07, 6.45) is 5.71. The van der Waals surface area contributed by atoms with Crippen LogP contribution in [0.5, 0.6) is 0 Å². The fourth-order valence-corrected chi connectivity index (χ4v) is 4.11. The second-order valence-corrected chi connectivity index (χ2v) is 6.50. The zero-order chi connectivity index (χ0) is 14.1. The molecule has 1 aromatic carbocycles. The van der Waals surface area contributed by atoms with Crippen molar-refractivity contribution in [2.75, 3.05) is 0 Å². The molecule has 0 saturated heterocycles. The van der Waals surface area contributed by atoms with Gasteiger partial charge in [-0.3, -0.25) is 4.79 Å². The molecule has 2 aliphatic rings. The molecule has 0 unspecified atom stereocenters. The number of hydrogen-bond acceptors (Lipinski definition) is 1. The van der Waals surface area contributed by atoms with Gasteiger partial charge < -0.3 is 5.32 Å². The van der Waals surface area contributed by atoms with Gasteiger partial charge in [-0.05, 0) is 61.6 Å². The molecule has 3 rings (SSSR count). The number of carbonyl (C=O) groups excluding carboxylic acids is 1. The van der Waals surface area contributed by atoms with Crippen LogP contribution in [0.2, 0.25) is 0 Å². The lowest BCUT2D eigenvalue weighted by molar-refractivity contribution is -0.121. The summed E-state index contributed by atoms with van der Waals surface area (Å²) < 4.78 is 12.8. The molecule has 0 aromatic heterocycles. The highest BCUT2D eigenvalue weighted by Crippen LogP contribution is 2.49. The van der Waals surface area contributed by atoms with E-state index in [9.17, 15) is 9.18 Å².